The Kier molecular flexibility index (Phi) is 10.8. The van der Waals surface area contributed by atoms with Crippen LogP contribution in [0.25, 0.3) is 65.9 Å². The number of benzene rings is 7. The zero-order valence-corrected chi connectivity index (χ0v) is 37.4. The van der Waals surface area contributed by atoms with Crippen molar-refractivity contribution in [2.45, 2.75) is 30.8 Å². The molecule has 0 aliphatic carbocycles. The molecule has 0 amide bonds. The van der Waals surface area contributed by atoms with Gasteiger partial charge in [0, 0.05) is 61.1 Å². The van der Waals surface area contributed by atoms with Crippen LogP contribution in [0.1, 0.15) is 40.7 Å². The van der Waals surface area contributed by atoms with E-state index in [1.54, 1.807) is 6.20 Å². The molecule has 11 rings (SSSR count). The zero-order valence-electron chi connectivity index (χ0n) is 35.0. The molecular weight excluding hydrogens is 963 g/mol. The van der Waals surface area contributed by atoms with Crippen LogP contribution < -0.4 is 0 Å². The minimum Gasteiger partial charge on any atom is -0.501 e. The van der Waals surface area contributed by atoms with E-state index in [0.717, 1.165) is 77.6 Å². The Morgan fingerprint density at radius 3 is 2.06 bits per heavy atom. The fourth-order valence-electron chi connectivity index (χ4n) is 9.27. The summed E-state index contributed by atoms with van der Waals surface area (Å²) in [5.74, 6) is 0. The normalized spacial score (nSPS) is 13.4. The third-order valence-corrected chi connectivity index (χ3v) is 12.6. The molecule has 2 unspecified atom stereocenters. The molecule has 4 aromatic heterocycles. The molecule has 311 valence electrons. The third kappa shape index (κ3) is 7.40. The van der Waals surface area contributed by atoms with E-state index in [1.165, 1.54) is 10.8 Å². The van der Waals surface area contributed by atoms with Crippen molar-refractivity contribution in [3.63, 3.8) is 0 Å². The maximum Gasteiger partial charge on any atom is 0.134 e. The largest absolute Gasteiger partial charge is 0.501 e. The SMILES string of the molecule is CC(Cc1cccc(-c2[c-]c(CC(O)(c3ccc(-c4ccccc4)cc3)c3ccccn3)cc3c2oc2cc4c(ccc5ccccc54)cc23)n1)(c1[c-]cccc1)c1ccccn1.[Ir]. The van der Waals surface area contributed by atoms with Gasteiger partial charge in [-0.25, -0.2) is 0 Å². The molecule has 11 aromatic rings. The molecule has 2 atom stereocenters. The number of hydrogen-bond acceptors (Lipinski definition) is 5. The second kappa shape index (κ2) is 16.9. The van der Waals surface area contributed by atoms with Gasteiger partial charge in [0.05, 0.1) is 11.3 Å². The van der Waals surface area contributed by atoms with Gasteiger partial charge in [-0.3, -0.25) is 9.97 Å². The van der Waals surface area contributed by atoms with Crippen molar-refractivity contribution in [2.24, 2.45) is 0 Å². The van der Waals surface area contributed by atoms with Gasteiger partial charge in [-0.05, 0) is 92.8 Å². The molecule has 1 N–H and O–H groups in total. The maximum atomic E-state index is 13.1. The third-order valence-electron chi connectivity index (χ3n) is 12.6. The molecule has 7 aromatic carbocycles. The van der Waals surface area contributed by atoms with Crippen molar-refractivity contribution in [2.75, 3.05) is 0 Å². The average molecular weight is 1000 g/mol. The molecule has 0 bridgehead atoms. The maximum absolute atomic E-state index is 13.1. The molecule has 0 aliphatic heterocycles. The van der Waals surface area contributed by atoms with Gasteiger partial charge in [0.2, 0.25) is 0 Å². The molecule has 64 heavy (non-hydrogen) atoms. The van der Waals surface area contributed by atoms with Crippen LogP contribution in [0.5, 0.6) is 0 Å². The number of aromatic nitrogens is 3. The number of furan rings is 1. The summed E-state index contributed by atoms with van der Waals surface area (Å²) in [4.78, 5) is 14.9. The van der Waals surface area contributed by atoms with Crippen molar-refractivity contribution in [1.29, 1.82) is 0 Å². The second-order valence-corrected chi connectivity index (χ2v) is 16.6. The summed E-state index contributed by atoms with van der Waals surface area (Å²) >= 11 is 0. The van der Waals surface area contributed by atoms with Gasteiger partial charge in [0.25, 0.3) is 0 Å². The van der Waals surface area contributed by atoms with E-state index in [1.807, 2.05) is 91.1 Å². The number of nitrogens with zero attached hydrogens (tertiary/aromatic N) is 3. The number of fused-ring (bicyclic) bond motifs is 6. The van der Waals surface area contributed by atoms with E-state index >= 15 is 0 Å². The fraction of sp³-hybridized carbons (Fsp3) is 0.0862. The summed E-state index contributed by atoms with van der Waals surface area (Å²) in [6.45, 7) is 2.21. The average Bonchev–Trinajstić information content (AvgIpc) is 3.71. The standard InChI is InChI=1S/C58H41N3O2.Ir/c1-57(44-18-6-3-7-19-44,54-23-10-12-31-59-54)38-46-20-14-22-52(61-46)51-34-39(33-50-49-35-43-26-25-42-17-8-9-21-47(42)48(43)36-53(49)63-56(50)51)37-58(62,55-24-11-13-32-60-55)45-29-27-41(28-30-45)40-15-4-2-5-16-40;/h2-18,20-33,35-36,62H,37-38H2,1H3;/q-2;. The van der Waals surface area contributed by atoms with E-state index in [4.69, 9.17) is 19.4 Å². The quantitative estimate of drug-likeness (QED) is 0.109. The molecule has 4 heterocycles. The molecule has 0 fully saturated rings. The van der Waals surface area contributed by atoms with Gasteiger partial charge < -0.3 is 14.5 Å². The van der Waals surface area contributed by atoms with Gasteiger partial charge in [-0.1, -0.05) is 133 Å². The first kappa shape index (κ1) is 41.0. The van der Waals surface area contributed by atoms with E-state index in [-0.39, 0.29) is 26.5 Å². The molecular formula is C58H41IrN3O2-2. The summed E-state index contributed by atoms with van der Waals surface area (Å²) < 4.78 is 6.92. The Hall–Kier alpha value is -7.08. The van der Waals surface area contributed by atoms with Gasteiger partial charge in [0.15, 0.2) is 0 Å². The fourth-order valence-corrected chi connectivity index (χ4v) is 9.27. The Labute approximate surface area is 385 Å². The van der Waals surface area contributed by atoms with Crippen LogP contribution in [0, 0.1) is 12.1 Å². The van der Waals surface area contributed by atoms with Crippen molar-refractivity contribution in [3.05, 3.63) is 246 Å². The summed E-state index contributed by atoms with van der Waals surface area (Å²) in [7, 11) is 0. The topological polar surface area (TPSA) is 72.0 Å². The summed E-state index contributed by atoms with van der Waals surface area (Å²) in [6, 6.07) is 71.0. The van der Waals surface area contributed by atoms with Gasteiger partial charge >= 0.3 is 0 Å². The number of pyridine rings is 3. The monoisotopic (exact) mass is 1000 g/mol. The summed E-state index contributed by atoms with van der Waals surface area (Å²) in [5.41, 5.74) is 8.04. The summed E-state index contributed by atoms with van der Waals surface area (Å²) in [5, 5.41) is 19.6. The minimum atomic E-state index is -1.49. The molecule has 1 radical (unpaired) electrons. The molecule has 0 spiro atoms. The molecule has 0 aliphatic rings. The predicted octanol–water partition coefficient (Wildman–Crippen LogP) is 13.0. The first-order valence-corrected chi connectivity index (χ1v) is 21.3. The van der Waals surface area contributed by atoms with Crippen LogP contribution in [-0.2, 0) is 44.0 Å². The Morgan fingerprint density at radius 1 is 0.578 bits per heavy atom. The van der Waals surface area contributed by atoms with E-state index in [0.29, 0.717) is 17.7 Å². The van der Waals surface area contributed by atoms with Crippen LogP contribution in [0.2, 0.25) is 0 Å². The first-order valence-electron chi connectivity index (χ1n) is 21.3. The smallest absolute Gasteiger partial charge is 0.134 e. The van der Waals surface area contributed by atoms with Crippen molar-refractivity contribution in [1.82, 2.24) is 15.0 Å². The number of rotatable bonds is 10. The van der Waals surface area contributed by atoms with Gasteiger partial charge in [0.1, 0.15) is 11.2 Å². The first-order chi connectivity index (χ1) is 30.9. The van der Waals surface area contributed by atoms with E-state index < -0.39 is 11.0 Å². The summed E-state index contributed by atoms with van der Waals surface area (Å²) in [6.07, 6.45) is 4.36. The van der Waals surface area contributed by atoms with Crippen molar-refractivity contribution >= 4 is 43.5 Å². The van der Waals surface area contributed by atoms with Crippen LogP contribution >= 0.6 is 0 Å². The number of hydrogen-bond donors (Lipinski definition) is 1. The number of aliphatic hydroxyl groups is 1. The van der Waals surface area contributed by atoms with Crippen LogP contribution in [-0.4, -0.2) is 20.1 Å². The Bertz CT molecular complexity index is 3370. The van der Waals surface area contributed by atoms with Crippen LogP contribution in [0.3, 0.4) is 0 Å². The second-order valence-electron chi connectivity index (χ2n) is 16.6. The van der Waals surface area contributed by atoms with Crippen LogP contribution in [0.15, 0.2) is 205 Å². The van der Waals surface area contributed by atoms with Crippen molar-refractivity contribution in [3.8, 4) is 22.4 Å². The predicted molar refractivity (Wildman–Crippen MR) is 253 cm³/mol. The molecule has 0 saturated carbocycles. The van der Waals surface area contributed by atoms with Gasteiger partial charge in [-0.15, -0.1) is 23.3 Å². The van der Waals surface area contributed by atoms with E-state index in [9.17, 15) is 5.11 Å². The molecule has 0 saturated heterocycles. The van der Waals surface area contributed by atoms with Gasteiger partial charge in [-0.2, -0.15) is 30.3 Å². The minimum absolute atomic E-state index is 0. The molecule has 5 nitrogen and oxygen atoms in total. The van der Waals surface area contributed by atoms with Crippen LogP contribution in [0.4, 0.5) is 0 Å². The molecule has 6 heteroatoms. The van der Waals surface area contributed by atoms with Crippen molar-refractivity contribution < 1.29 is 29.6 Å². The zero-order chi connectivity index (χ0) is 42.4. The Morgan fingerprint density at radius 2 is 1.30 bits per heavy atom. The van der Waals surface area contributed by atoms with E-state index in [2.05, 4.69) is 122 Å². The Balaban J connectivity index is 0.00000484.